The van der Waals surface area contributed by atoms with Crippen molar-refractivity contribution in [3.05, 3.63) is 0 Å². The van der Waals surface area contributed by atoms with E-state index < -0.39 is 6.10 Å². The van der Waals surface area contributed by atoms with Gasteiger partial charge in [0.2, 0.25) is 0 Å². The molecule has 0 heterocycles. The van der Waals surface area contributed by atoms with Gasteiger partial charge in [0.25, 0.3) is 0 Å². The van der Waals surface area contributed by atoms with Crippen LogP contribution in [-0.4, -0.2) is 37.2 Å². The van der Waals surface area contributed by atoms with Crippen LogP contribution in [0.15, 0.2) is 0 Å². The third-order valence-electron chi connectivity index (χ3n) is 9.11. The molecule has 0 aliphatic rings. The molecule has 0 N–H and O–H groups in total. The van der Waals surface area contributed by atoms with Crippen LogP contribution in [0.25, 0.3) is 0 Å². The van der Waals surface area contributed by atoms with Crippen LogP contribution in [0.3, 0.4) is 0 Å². The summed E-state index contributed by atoms with van der Waals surface area (Å²) in [5, 5.41) is 0. The number of hydrogen-bond acceptors (Lipinski definition) is 6. The van der Waals surface area contributed by atoms with Gasteiger partial charge in [0.05, 0.1) is 0 Å². The monoisotopic (exact) mass is 667 g/mol. The Morgan fingerprint density at radius 2 is 0.574 bits per heavy atom. The zero-order valence-electron chi connectivity index (χ0n) is 31.6. The molecule has 0 spiro atoms. The molecule has 0 saturated carbocycles. The summed E-state index contributed by atoms with van der Waals surface area (Å²) in [6.45, 7) is 6.57. The Morgan fingerprint density at radius 1 is 0.340 bits per heavy atom. The molecule has 278 valence electrons. The van der Waals surface area contributed by atoms with Crippen molar-refractivity contribution >= 4 is 17.9 Å². The first kappa shape index (κ1) is 45.4. The fraction of sp³-hybridized carbons (Fsp3) is 0.927. The van der Waals surface area contributed by atoms with Gasteiger partial charge in [-0.05, 0) is 19.3 Å². The lowest BCUT2D eigenvalue weighted by Crippen LogP contribution is -2.30. The van der Waals surface area contributed by atoms with Crippen molar-refractivity contribution in [2.75, 3.05) is 13.2 Å². The highest BCUT2D eigenvalue weighted by Gasteiger charge is 2.19. The minimum atomic E-state index is -0.755. The molecule has 0 aromatic carbocycles. The summed E-state index contributed by atoms with van der Waals surface area (Å²) < 4.78 is 16.6. The lowest BCUT2D eigenvalue weighted by Gasteiger charge is -2.18. The largest absolute Gasteiger partial charge is 0.462 e. The Morgan fingerprint density at radius 3 is 0.851 bits per heavy atom. The number of esters is 3. The Kier molecular flexibility index (Phi) is 36.0. The molecule has 1 atom stereocenters. The molecule has 0 aliphatic carbocycles. The predicted molar refractivity (Wildman–Crippen MR) is 197 cm³/mol. The molecule has 0 amide bonds. The summed E-state index contributed by atoms with van der Waals surface area (Å²) in [6, 6.07) is 0. The van der Waals surface area contributed by atoms with Gasteiger partial charge in [0, 0.05) is 19.3 Å². The Labute approximate surface area is 291 Å². The molecule has 0 aliphatic heterocycles. The summed E-state index contributed by atoms with van der Waals surface area (Å²) in [5.41, 5.74) is 0. The maximum absolute atomic E-state index is 12.6. The van der Waals surface area contributed by atoms with Gasteiger partial charge in [-0.2, -0.15) is 0 Å². The van der Waals surface area contributed by atoms with E-state index in [4.69, 9.17) is 14.2 Å². The standard InChI is InChI=1S/C41H78O6/c1-4-7-10-13-16-18-19-20-21-23-26-29-32-35-41(44)47-38(36-45-39(42)33-30-27-24-15-12-9-6-3)37-46-40(43)34-31-28-25-22-17-14-11-8-5-2/h38H,4-37H2,1-3H3/t38-/m1/s1. The van der Waals surface area contributed by atoms with Gasteiger partial charge in [0.1, 0.15) is 13.2 Å². The number of carbonyl (C=O) groups excluding carboxylic acids is 3. The second kappa shape index (κ2) is 37.2. The molecule has 47 heavy (non-hydrogen) atoms. The third kappa shape index (κ3) is 35.5. The van der Waals surface area contributed by atoms with Crippen molar-refractivity contribution < 1.29 is 28.6 Å². The quantitative estimate of drug-likeness (QED) is 0.0373. The first-order chi connectivity index (χ1) is 23.0. The molecular formula is C41H78O6. The topological polar surface area (TPSA) is 78.9 Å². The zero-order valence-corrected chi connectivity index (χ0v) is 31.6. The number of unbranched alkanes of at least 4 members (excludes halogenated alkanes) is 26. The van der Waals surface area contributed by atoms with E-state index in [2.05, 4.69) is 20.8 Å². The predicted octanol–water partition coefficient (Wildman–Crippen LogP) is 12.5. The van der Waals surface area contributed by atoms with E-state index in [0.717, 1.165) is 57.8 Å². The van der Waals surface area contributed by atoms with E-state index in [9.17, 15) is 14.4 Å². The third-order valence-corrected chi connectivity index (χ3v) is 9.11. The van der Waals surface area contributed by atoms with Crippen molar-refractivity contribution in [1.82, 2.24) is 0 Å². The van der Waals surface area contributed by atoms with Gasteiger partial charge < -0.3 is 14.2 Å². The highest BCUT2D eigenvalue weighted by atomic mass is 16.6. The van der Waals surface area contributed by atoms with Gasteiger partial charge in [-0.1, -0.05) is 188 Å². The summed E-state index contributed by atoms with van der Waals surface area (Å²) >= 11 is 0. The highest BCUT2D eigenvalue weighted by Crippen LogP contribution is 2.15. The Bertz CT molecular complexity index is 693. The van der Waals surface area contributed by atoms with E-state index in [1.54, 1.807) is 0 Å². The first-order valence-corrected chi connectivity index (χ1v) is 20.5. The summed E-state index contributed by atoms with van der Waals surface area (Å²) in [5.74, 6) is -0.867. The molecule has 0 bridgehead atoms. The Hall–Kier alpha value is -1.59. The number of hydrogen-bond donors (Lipinski definition) is 0. The van der Waals surface area contributed by atoms with Crippen LogP contribution in [-0.2, 0) is 28.6 Å². The van der Waals surface area contributed by atoms with Crippen molar-refractivity contribution in [1.29, 1.82) is 0 Å². The van der Waals surface area contributed by atoms with Gasteiger partial charge in [-0.15, -0.1) is 0 Å². The van der Waals surface area contributed by atoms with Gasteiger partial charge in [-0.25, -0.2) is 0 Å². The SMILES string of the molecule is CCCCCCCCCCCCCCCC(=O)O[C@H](COC(=O)CCCCCCCCC)COC(=O)CCCCCCCCCCC. The molecule has 6 heteroatoms. The fourth-order valence-corrected chi connectivity index (χ4v) is 5.97. The molecule has 0 radical (unpaired) electrons. The van der Waals surface area contributed by atoms with Gasteiger partial charge in [0.15, 0.2) is 6.10 Å². The molecule has 0 aromatic rings. The van der Waals surface area contributed by atoms with Crippen molar-refractivity contribution in [3.63, 3.8) is 0 Å². The molecular weight excluding hydrogens is 588 g/mol. The summed E-state index contributed by atoms with van der Waals surface area (Å²) in [7, 11) is 0. The van der Waals surface area contributed by atoms with E-state index in [-0.39, 0.29) is 31.1 Å². The molecule has 6 nitrogen and oxygen atoms in total. The van der Waals surface area contributed by atoms with Crippen LogP contribution in [0.1, 0.15) is 226 Å². The normalized spacial score (nSPS) is 11.8. The van der Waals surface area contributed by atoms with Crippen LogP contribution in [0.5, 0.6) is 0 Å². The fourth-order valence-electron chi connectivity index (χ4n) is 5.97. The second-order valence-corrected chi connectivity index (χ2v) is 13.9. The minimum Gasteiger partial charge on any atom is -0.462 e. The van der Waals surface area contributed by atoms with Gasteiger partial charge >= 0.3 is 17.9 Å². The molecule has 0 rings (SSSR count). The number of rotatable bonds is 37. The highest BCUT2D eigenvalue weighted by molar-refractivity contribution is 5.71. The van der Waals surface area contributed by atoms with Crippen molar-refractivity contribution in [3.8, 4) is 0 Å². The molecule has 0 aromatic heterocycles. The lowest BCUT2D eigenvalue weighted by molar-refractivity contribution is -0.167. The summed E-state index contributed by atoms with van der Waals surface area (Å²) in [4.78, 5) is 37.3. The van der Waals surface area contributed by atoms with E-state index in [1.807, 2.05) is 0 Å². The van der Waals surface area contributed by atoms with Crippen molar-refractivity contribution in [2.24, 2.45) is 0 Å². The molecule has 0 unspecified atom stereocenters. The average molecular weight is 667 g/mol. The molecule has 0 saturated heterocycles. The van der Waals surface area contributed by atoms with Crippen LogP contribution in [0, 0.1) is 0 Å². The van der Waals surface area contributed by atoms with E-state index in [1.165, 1.54) is 128 Å². The number of ether oxygens (including phenoxy) is 3. The van der Waals surface area contributed by atoms with E-state index in [0.29, 0.717) is 19.3 Å². The zero-order chi connectivity index (χ0) is 34.5. The average Bonchev–Trinajstić information content (AvgIpc) is 3.06. The van der Waals surface area contributed by atoms with Crippen LogP contribution >= 0.6 is 0 Å². The van der Waals surface area contributed by atoms with Gasteiger partial charge in [-0.3, -0.25) is 14.4 Å². The first-order valence-electron chi connectivity index (χ1n) is 20.5. The Balaban J connectivity index is 4.29. The second-order valence-electron chi connectivity index (χ2n) is 13.9. The van der Waals surface area contributed by atoms with Crippen LogP contribution in [0.4, 0.5) is 0 Å². The smallest absolute Gasteiger partial charge is 0.306 e. The van der Waals surface area contributed by atoms with Crippen LogP contribution in [0.2, 0.25) is 0 Å². The maximum Gasteiger partial charge on any atom is 0.306 e. The minimum absolute atomic E-state index is 0.0642. The van der Waals surface area contributed by atoms with Crippen LogP contribution < -0.4 is 0 Å². The summed E-state index contributed by atoms with van der Waals surface area (Å²) in [6.07, 6.45) is 35.2. The number of carbonyl (C=O) groups is 3. The maximum atomic E-state index is 12.6. The van der Waals surface area contributed by atoms with E-state index >= 15 is 0 Å². The lowest BCUT2D eigenvalue weighted by atomic mass is 10.0. The molecule has 0 fully saturated rings. The van der Waals surface area contributed by atoms with Crippen molar-refractivity contribution in [2.45, 2.75) is 232 Å².